The van der Waals surface area contributed by atoms with Crippen LogP contribution in [-0.4, -0.2) is 125 Å². The van der Waals surface area contributed by atoms with Crippen LogP contribution in [0.4, 0.5) is 20.4 Å². The van der Waals surface area contributed by atoms with E-state index in [-0.39, 0.29) is 35.0 Å². The van der Waals surface area contributed by atoms with Gasteiger partial charge in [-0.2, -0.15) is 0 Å². The number of rotatable bonds is 6. The van der Waals surface area contributed by atoms with Crippen LogP contribution in [0.15, 0.2) is 97.3 Å². The maximum atomic E-state index is 14.6. The van der Waals surface area contributed by atoms with Gasteiger partial charge in [-0.3, -0.25) is 8.80 Å². The Kier molecular flexibility index (Phi) is 19.6. The molecule has 0 aliphatic carbocycles. The van der Waals surface area contributed by atoms with Crippen LogP contribution in [0.5, 0.6) is 11.5 Å². The number of carbonyl (C=O) groups is 2. The van der Waals surface area contributed by atoms with Gasteiger partial charge in [0.1, 0.15) is 34.8 Å². The number of anilines is 2. The lowest BCUT2D eigenvalue weighted by molar-refractivity contribution is -0.161. The molecule has 6 aliphatic rings. The number of nitrogens with zero attached hydrogens (tertiary/aromatic N) is 8. The lowest BCUT2D eigenvalue weighted by atomic mass is 9.92. The van der Waals surface area contributed by atoms with Crippen LogP contribution in [0.1, 0.15) is 168 Å². The molecule has 6 aliphatic heterocycles. The molecule has 2 saturated heterocycles. The van der Waals surface area contributed by atoms with E-state index in [1.54, 1.807) is 12.1 Å². The molecule has 2 fully saturated rings. The van der Waals surface area contributed by atoms with Crippen LogP contribution in [0.2, 0.25) is 0 Å². The quantitative estimate of drug-likeness (QED) is 0.159. The molecule has 12 bridgehead atoms. The van der Waals surface area contributed by atoms with E-state index in [9.17, 15) is 28.6 Å². The molecular formula is C74H90F2N8O10. The summed E-state index contributed by atoms with van der Waals surface area (Å²) in [5.41, 5.74) is 6.00. The van der Waals surface area contributed by atoms with Crippen molar-refractivity contribution in [3.05, 3.63) is 131 Å². The van der Waals surface area contributed by atoms with Crippen molar-refractivity contribution < 1.29 is 57.0 Å². The summed E-state index contributed by atoms with van der Waals surface area (Å²) < 4.78 is 71.1. The topological polar surface area (TPSA) is 197 Å². The number of carboxylic acid groups (broad SMARTS) is 2. The number of hydrogen-bond acceptors (Lipinski definition) is 14. The highest BCUT2D eigenvalue weighted by atomic mass is 19.1. The van der Waals surface area contributed by atoms with Gasteiger partial charge in [-0.1, -0.05) is 36.4 Å². The fraction of sp³-hybridized carbons (Fsp3) is 0.486. The predicted molar refractivity (Wildman–Crippen MR) is 359 cm³/mol. The molecule has 0 radical (unpaired) electrons. The molecule has 94 heavy (non-hydrogen) atoms. The molecule has 0 spiro atoms. The first-order valence-electron chi connectivity index (χ1n) is 33.1. The summed E-state index contributed by atoms with van der Waals surface area (Å²) in [5, 5.41) is 20.9. The van der Waals surface area contributed by atoms with Gasteiger partial charge in [-0.15, -0.1) is 0 Å². The van der Waals surface area contributed by atoms with E-state index in [0.29, 0.717) is 119 Å². The second-order valence-corrected chi connectivity index (χ2v) is 28.2. The van der Waals surface area contributed by atoms with Gasteiger partial charge in [0.25, 0.3) is 0 Å². The molecule has 0 unspecified atom stereocenters. The zero-order valence-corrected chi connectivity index (χ0v) is 56.4. The molecule has 0 saturated carbocycles. The standard InChI is InChI=1S/2C37H45FN4O5/c2*1-23-10-7-8-19-45-37(6)15-17-41(18-16-37)33-31(32(34(43)44)47-36(3,4)5)24(2)39-35-40-29(22-42(33)35)26-12-9-11-25(20-26)28-21-27(38)13-14-30(28)46-23/h2*9,11-14,20-23,32H,7-8,10,15-19H2,1-6H3,(H,43,44)/t23-,32+;23-,32-/m10/s1. The average Bonchev–Trinajstić information content (AvgIpc) is 1.48. The Hall–Kier alpha value is -8.04. The normalized spacial score (nSPS) is 21.3. The third-order valence-electron chi connectivity index (χ3n) is 18.2. The third-order valence-corrected chi connectivity index (χ3v) is 18.2. The van der Waals surface area contributed by atoms with Crippen molar-refractivity contribution in [1.82, 2.24) is 28.7 Å². The highest BCUT2D eigenvalue weighted by Crippen LogP contribution is 2.43. The van der Waals surface area contributed by atoms with E-state index in [0.717, 1.165) is 86.5 Å². The number of aryl methyl sites for hydroxylation is 2. The molecular weight excluding hydrogens is 1200 g/mol. The van der Waals surface area contributed by atoms with Crippen molar-refractivity contribution in [2.24, 2.45) is 0 Å². The van der Waals surface area contributed by atoms with Crippen LogP contribution < -0.4 is 19.3 Å². The largest absolute Gasteiger partial charge is 0.490 e. The molecule has 2 N–H and O–H groups in total. The van der Waals surface area contributed by atoms with Crippen molar-refractivity contribution in [3.8, 4) is 56.3 Å². The van der Waals surface area contributed by atoms with Gasteiger partial charge in [0.05, 0.1) is 68.5 Å². The van der Waals surface area contributed by atoms with Crippen molar-refractivity contribution in [3.63, 3.8) is 0 Å². The van der Waals surface area contributed by atoms with Crippen LogP contribution in [0, 0.1) is 25.5 Å². The molecule has 10 heterocycles. The van der Waals surface area contributed by atoms with Crippen molar-refractivity contribution >= 4 is 35.1 Å². The Morgan fingerprint density at radius 3 is 1.29 bits per heavy atom. The molecule has 14 rings (SSSR count). The zero-order chi connectivity index (χ0) is 67.0. The van der Waals surface area contributed by atoms with E-state index >= 15 is 0 Å². The SMILES string of the molecule is Cc1nc2nc3cn2c(c1[C@H](OC(C)(C)C)C(=O)O)N1CCC(C)(CC1)OCCCC[C@@H](C)Oc1ccc(F)cc1-c1cccc-3c1.Cc1nc2nc3cn2c(c1[C@H](OC(C)(C)C)C(=O)O)N1CCC(C)(CC1)OCCCC[C@H](C)Oc1ccc(F)cc1-c1cccc-3c1. The summed E-state index contributed by atoms with van der Waals surface area (Å²) >= 11 is 0. The molecule has 4 aromatic heterocycles. The molecule has 8 aromatic rings. The van der Waals surface area contributed by atoms with Crippen molar-refractivity contribution in [1.29, 1.82) is 0 Å². The number of carboxylic acids is 2. The van der Waals surface area contributed by atoms with Crippen molar-refractivity contribution in [2.45, 2.75) is 194 Å². The number of hydrogen-bond donors (Lipinski definition) is 2. The molecule has 4 atom stereocenters. The highest BCUT2D eigenvalue weighted by molar-refractivity contribution is 5.82. The Balaban J connectivity index is 0.000000192. The molecule has 0 amide bonds. The maximum Gasteiger partial charge on any atom is 0.337 e. The smallest absolute Gasteiger partial charge is 0.337 e. The fourth-order valence-corrected chi connectivity index (χ4v) is 13.2. The predicted octanol–water partition coefficient (Wildman–Crippen LogP) is 15.6. The van der Waals surface area contributed by atoms with Crippen LogP contribution in [0.3, 0.4) is 0 Å². The number of benzene rings is 4. The maximum absolute atomic E-state index is 14.6. The molecule has 500 valence electrons. The highest BCUT2D eigenvalue weighted by Gasteiger charge is 2.40. The lowest BCUT2D eigenvalue weighted by Crippen LogP contribution is -2.45. The van der Waals surface area contributed by atoms with E-state index in [2.05, 4.69) is 23.6 Å². The van der Waals surface area contributed by atoms with Crippen LogP contribution in [-0.2, 0) is 28.5 Å². The summed E-state index contributed by atoms with van der Waals surface area (Å²) in [4.78, 5) is 49.5. The third kappa shape index (κ3) is 15.4. The first kappa shape index (κ1) is 67.4. The van der Waals surface area contributed by atoms with Gasteiger partial charge in [-0.25, -0.2) is 38.3 Å². The number of imidazole rings is 2. The molecule has 20 heteroatoms. The van der Waals surface area contributed by atoms with Gasteiger partial charge < -0.3 is 48.4 Å². The molecule has 4 aromatic carbocycles. The lowest BCUT2D eigenvalue weighted by Gasteiger charge is -2.41. The first-order valence-corrected chi connectivity index (χ1v) is 33.1. The molecule has 18 nitrogen and oxygen atoms in total. The fourth-order valence-electron chi connectivity index (χ4n) is 13.2. The summed E-state index contributed by atoms with van der Waals surface area (Å²) in [6.07, 6.45) is 9.76. The Morgan fingerprint density at radius 2 is 0.926 bits per heavy atom. The van der Waals surface area contributed by atoms with E-state index in [1.165, 1.54) is 24.3 Å². The minimum Gasteiger partial charge on any atom is -0.490 e. The number of piperidine rings is 2. The van der Waals surface area contributed by atoms with Gasteiger partial charge in [0.15, 0.2) is 12.2 Å². The number of fused-ring (bicyclic) bond motifs is 16. The number of aliphatic carboxylic acids is 2. The monoisotopic (exact) mass is 1290 g/mol. The average molecular weight is 1290 g/mol. The first-order chi connectivity index (χ1) is 44.6. The summed E-state index contributed by atoms with van der Waals surface area (Å²) in [6.45, 7) is 27.1. The van der Waals surface area contributed by atoms with E-state index in [4.69, 9.17) is 48.4 Å². The van der Waals surface area contributed by atoms with Crippen molar-refractivity contribution in [2.75, 3.05) is 49.2 Å². The van der Waals surface area contributed by atoms with Crippen LogP contribution >= 0.6 is 0 Å². The second kappa shape index (κ2) is 27.4. The summed E-state index contributed by atoms with van der Waals surface area (Å²) in [6, 6.07) is 24.8. The van der Waals surface area contributed by atoms with Gasteiger partial charge in [-0.05, 0) is 207 Å². The second-order valence-electron chi connectivity index (χ2n) is 28.2. The number of aromatic nitrogens is 6. The Labute approximate surface area is 549 Å². The van der Waals surface area contributed by atoms with Gasteiger partial charge in [0, 0.05) is 74.0 Å². The minimum absolute atomic E-state index is 0.0518. The zero-order valence-electron chi connectivity index (χ0n) is 56.4. The Morgan fingerprint density at radius 1 is 0.553 bits per heavy atom. The number of halogens is 2. The van der Waals surface area contributed by atoms with Gasteiger partial charge >= 0.3 is 11.9 Å². The van der Waals surface area contributed by atoms with Crippen LogP contribution in [0.25, 0.3) is 56.3 Å². The summed E-state index contributed by atoms with van der Waals surface area (Å²) in [5.74, 6) is 0.750. The number of ether oxygens (including phenoxy) is 6. The summed E-state index contributed by atoms with van der Waals surface area (Å²) in [7, 11) is 0. The minimum atomic E-state index is -1.24. The van der Waals surface area contributed by atoms with Gasteiger partial charge in [0.2, 0.25) is 11.6 Å². The van der Waals surface area contributed by atoms with E-state index in [1.807, 2.05) is 139 Å². The Bertz CT molecular complexity index is 3800. The van der Waals surface area contributed by atoms with E-state index < -0.39 is 35.3 Å².